The first-order valence-corrected chi connectivity index (χ1v) is 8.04. The van der Waals surface area contributed by atoms with Crippen molar-refractivity contribution in [2.45, 2.75) is 64.5 Å². The molecule has 1 atom stereocenters. The topological polar surface area (TPSA) is 64.0 Å². The third-order valence-corrected chi connectivity index (χ3v) is 4.31. The van der Waals surface area contributed by atoms with Crippen LogP contribution in [0, 0.1) is 5.92 Å². The van der Waals surface area contributed by atoms with E-state index < -0.39 is 0 Å². The summed E-state index contributed by atoms with van der Waals surface area (Å²) in [7, 11) is 0. The van der Waals surface area contributed by atoms with Gasteiger partial charge in [0, 0.05) is 18.0 Å². The highest BCUT2D eigenvalue weighted by Crippen LogP contribution is 2.28. The number of hydrogen-bond donors (Lipinski definition) is 1. The van der Waals surface area contributed by atoms with Crippen LogP contribution in [0.15, 0.2) is 10.9 Å². The Morgan fingerprint density at radius 3 is 2.90 bits per heavy atom. The van der Waals surface area contributed by atoms with Gasteiger partial charge in [-0.05, 0) is 51.0 Å². The van der Waals surface area contributed by atoms with Crippen LogP contribution in [0.2, 0.25) is 0 Å². The number of hydrogen-bond acceptors (Lipinski definition) is 3. The van der Waals surface area contributed by atoms with E-state index >= 15 is 0 Å². The quantitative estimate of drug-likeness (QED) is 0.853. The van der Waals surface area contributed by atoms with Crippen LogP contribution in [0.25, 0.3) is 0 Å². The zero-order chi connectivity index (χ0) is 14.8. The molecule has 1 aromatic heterocycles. The molecular weight excluding hydrogens is 266 g/mol. The van der Waals surface area contributed by atoms with Crippen LogP contribution >= 0.6 is 0 Å². The van der Waals surface area contributed by atoms with Crippen LogP contribution in [0.1, 0.15) is 50.3 Å². The molecule has 0 bridgehead atoms. The molecule has 0 radical (unpaired) electrons. The summed E-state index contributed by atoms with van der Waals surface area (Å²) < 4.78 is 1.52. The normalized spacial score (nSPS) is 19.5. The Morgan fingerprint density at radius 1 is 1.38 bits per heavy atom. The Labute approximate surface area is 124 Å². The molecule has 21 heavy (non-hydrogen) atoms. The highest BCUT2D eigenvalue weighted by Gasteiger charge is 2.30. The van der Waals surface area contributed by atoms with Crippen LogP contribution in [0.5, 0.6) is 0 Å². The van der Waals surface area contributed by atoms with Gasteiger partial charge in [-0.3, -0.25) is 9.59 Å². The predicted octanol–water partition coefficient (Wildman–Crippen LogP) is 1.43. The number of aromatic nitrogens is 2. The van der Waals surface area contributed by atoms with E-state index in [1.807, 2.05) is 6.92 Å². The highest BCUT2D eigenvalue weighted by molar-refractivity contribution is 5.81. The Bertz CT molecular complexity index is 590. The van der Waals surface area contributed by atoms with E-state index in [9.17, 15) is 9.59 Å². The van der Waals surface area contributed by atoms with E-state index in [0.29, 0.717) is 6.54 Å². The van der Waals surface area contributed by atoms with Crippen molar-refractivity contribution in [2.24, 2.45) is 5.92 Å². The van der Waals surface area contributed by atoms with Crippen molar-refractivity contribution >= 4 is 5.91 Å². The summed E-state index contributed by atoms with van der Waals surface area (Å²) >= 11 is 0. The largest absolute Gasteiger partial charge is 0.352 e. The molecule has 5 heteroatoms. The molecule has 5 nitrogen and oxygen atoms in total. The van der Waals surface area contributed by atoms with Crippen molar-refractivity contribution < 1.29 is 4.79 Å². The maximum Gasteiger partial charge on any atom is 0.267 e. The second kappa shape index (κ2) is 6.00. The van der Waals surface area contributed by atoms with E-state index in [4.69, 9.17) is 0 Å². The molecule has 0 unspecified atom stereocenters. The Balaban J connectivity index is 1.71. The molecule has 2 aliphatic carbocycles. The van der Waals surface area contributed by atoms with Gasteiger partial charge in [-0.15, -0.1) is 0 Å². The first-order chi connectivity index (χ1) is 10.1. The molecule has 0 spiro atoms. The summed E-state index contributed by atoms with van der Waals surface area (Å²) in [6, 6.07) is 1.68. The summed E-state index contributed by atoms with van der Waals surface area (Å²) in [5.74, 6) is 0.314. The van der Waals surface area contributed by atoms with Crippen LogP contribution in [0.3, 0.4) is 0 Å². The Kier molecular flexibility index (Phi) is 4.08. The Morgan fingerprint density at radius 2 is 2.14 bits per heavy atom. The minimum absolute atomic E-state index is 0.0526. The number of carbonyl (C=O) groups is 1. The van der Waals surface area contributed by atoms with Gasteiger partial charge in [0.1, 0.15) is 0 Å². The average molecular weight is 289 g/mol. The monoisotopic (exact) mass is 289 g/mol. The van der Waals surface area contributed by atoms with Gasteiger partial charge in [0.05, 0.1) is 12.2 Å². The fraction of sp³-hybridized carbons (Fsp3) is 0.688. The predicted molar refractivity (Wildman–Crippen MR) is 80.1 cm³/mol. The molecular formula is C16H23N3O2. The lowest BCUT2D eigenvalue weighted by molar-refractivity contribution is -0.123. The second-order valence-corrected chi connectivity index (χ2v) is 6.38. The van der Waals surface area contributed by atoms with Crippen LogP contribution in [-0.4, -0.2) is 21.7 Å². The van der Waals surface area contributed by atoms with Crippen molar-refractivity contribution in [3.05, 3.63) is 27.7 Å². The molecule has 1 fully saturated rings. The van der Waals surface area contributed by atoms with Gasteiger partial charge in [0.25, 0.3) is 5.56 Å². The summed E-state index contributed by atoms with van der Waals surface area (Å²) in [6.45, 7) is 2.38. The van der Waals surface area contributed by atoms with E-state index in [1.54, 1.807) is 6.07 Å². The summed E-state index contributed by atoms with van der Waals surface area (Å²) in [5, 5.41) is 7.50. The first-order valence-electron chi connectivity index (χ1n) is 8.04. The van der Waals surface area contributed by atoms with Crippen molar-refractivity contribution in [1.29, 1.82) is 0 Å². The van der Waals surface area contributed by atoms with Crippen molar-refractivity contribution in [3.63, 3.8) is 0 Å². The standard InChI is InChI=1S/C16H23N3O2/c1-11(17-16(21)12-7-8-12)10-19-15(20)9-13-5-3-2-4-6-14(13)18-19/h9,11-12H,2-8,10H2,1H3,(H,17,21)/t11-/m1/s1. The lowest BCUT2D eigenvalue weighted by atomic mass is 10.1. The lowest BCUT2D eigenvalue weighted by Gasteiger charge is -2.16. The minimum atomic E-state index is -0.0628. The fourth-order valence-corrected chi connectivity index (χ4v) is 2.92. The molecule has 1 N–H and O–H groups in total. The molecule has 0 aliphatic heterocycles. The van der Waals surface area contributed by atoms with Crippen molar-refractivity contribution in [3.8, 4) is 0 Å². The number of aryl methyl sites for hydroxylation is 2. The number of nitrogens with zero attached hydrogens (tertiary/aromatic N) is 2. The van der Waals surface area contributed by atoms with Crippen LogP contribution < -0.4 is 10.9 Å². The zero-order valence-electron chi connectivity index (χ0n) is 12.6. The number of amides is 1. The smallest absolute Gasteiger partial charge is 0.267 e. The third-order valence-electron chi connectivity index (χ3n) is 4.31. The summed E-state index contributed by atoms with van der Waals surface area (Å²) in [6.07, 6.45) is 7.41. The molecule has 0 aromatic carbocycles. The molecule has 2 aliphatic rings. The van der Waals surface area contributed by atoms with Gasteiger partial charge >= 0.3 is 0 Å². The van der Waals surface area contributed by atoms with Gasteiger partial charge < -0.3 is 5.32 Å². The Hall–Kier alpha value is -1.65. The van der Waals surface area contributed by atoms with Gasteiger partial charge in [-0.2, -0.15) is 5.10 Å². The number of nitrogens with one attached hydrogen (secondary N) is 1. The number of rotatable bonds is 4. The van der Waals surface area contributed by atoms with Gasteiger partial charge in [-0.1, -0.05) is 6.42 Å². The van der Waals surface area contributed by atoms with E-state index in [0.717, 1.165) is 49.8 Å². The molecule has 1 aromatic rings. The molecule has 0 saturated heterocycles. The SMILES string of the molecule is C[C@H](Cn1nc2c(cc1=O)CCCCC2)NC(=O)C1CC1. The maximum atomic E-state index is 12.2. The minimum Gasteiger partial charge on any atom is -0.352 e. The van der Waals surface area contributed by atoms with Gasteiger partial charge in [0.2, 0.25) is 5.91 Å². The van der Waals surface area contributed by atoms with Crippen LogP contribution in [-0.2, 0) is 24.2 Å². The summed E-state index contributed by atoms with van der Waals surface area (Å²) in [4.78, 5) is 23.9. The number of carbonyl (C=O) groups excluding carboxylic acids is 1. The third kappa shape index (κ3) is 3.52. The van der Waals surface area contributed by atoms with Crippen molar-refractivity contribution in [2.75, 3.05) is 0 Å². The highest BCUT2D eigenvalue weighted by atomic mass is 16.2. The first kappa shape index (κ1) is 14.3. The molecule has 3 rings (SSSR count). The van der Waals surface area contributed by atoms with Crippen molar-refractivity contribution in [1.82, 2.24) is 15.1 Å². The van der Waals surface area contributed by atoms with Gasteiger partial charge in [0.15, 0.2) is 0 Å². The number of fused-ring (bicyclic) bond motifs is 1. The second-order valence-electron chi connectivity index (χ2n) is 6.38. The van der Waals surface area contributed by atoms with E-state index in [1.165, 1.54) is 11.1 Å². The lowest BCUT2D eigenvalue weighted by Crippen LogP contribution is -2.40. The van der Waals surface area contributed by atoms with Crippen LogP contribution in [0.4, 0.5) is 0 Å². The fourth-order valence-electron chi connectivity index (χ4n) is 2.92. The molecule has 114 valence electrons. The molecule has 1 saturated carbocycles. The average Bonchev–Trinajstić information content (AvgIpc) is 3.25. The zero-order valence-corrected chi connectivity index (χ0v) is 12.6. The maximum absolute atomic E-state index is 12.2. The molecule has 1 amide bonds. The van der Waals surface area contributed by atoms with E-state index in [2.05, 4.69) is 10.4 Å². The van der Waals surface area contributed by atoms with E-state index in [-0.39, 0.29) is 23.4 Å². The summed E-state index contributed by atoms with van der Waals surface area (Å²) in [5.41, 5.74) is 2.12. The molecule has 1 heterocycles. The van der Waals surface area contributed by atoms with Gasteiger partial charge in [-0.25, -0.2) is 4.68 Å².